The predicted molar refractivity (Wildman–Crippen MR) is 119 cm³/mol. The Morgan fingerprint density at radius 3 is 2.47 bits per heavy atom. The van der Waals surface area contributed by atoms with Gasteiger partial charge in [0, 0.05) is 45.1 Å². The van der Waals surface area contributed by atoms with Gasteiger partial charge in [0.25, 0.3) is 0 Å². The third-order valence-electron chi connectivity index (χ3n) is 5.51. The van der Waals surface area contributed by atoms with Gasteiger partial charge in [-0.15, -0.1) is 0 Å². The van der Waals surface area contributed by atoms with Crippen LogP contribution in [0.4, 0.5) is 5.95 Å². The van der Waals surface area contributed by atoms with Crippen molar-refractivity contribution in [1.29, 1.82) is 5.26 Å². The molecule has 0 radical (unpaired) electrons. The van der Waals surface area contributed by atoms with Gasteiger partial charge in [0.1, 0.15) is 5.92 Å². The van der Waals surface area contributed by atoms with Crippen molar-refractivity contribution in [3.63, 3.8) is 0 Å². The minimum Gasteiger partial charge on any atom is -0.465 e. The molecule has 0 N–H and O–H groups in total. The normalized spacial score (nSPS) is 15.1. The standard InChI is InChI=1S/C24H24N6O2/c1-32-23(31)19-7-5-18(6-8-19)17-29-12-14-30(15-13-29)24-27-11-9-22(28-24)20(16-25)21-4-2-3-10-26-21/h2-11,20H,12-15,17H2,1H3. The summed E-state index contributed by atoms with van der Waals surface area (Å²) in [6, 6.07) is 17.1. The summed E-state index contributed by atoms with van der Waals surface area (Å²) >= 11 is 0. The fourth-order valence-electron chi connectivity index (χ4n) is 3.73. The number of anilines is 1. The van der Waals surface area contributed by atoms with Crippen LogP contribution in [0.15, 0.2) is 60.9 Å². The van der Waals surface area contributed by atoms with E-state index in [1.807, 2.05) is 30.3 Å². The Balaban J connectivity index is 1.38. The number of ether oxygens (including phenoxy) is 1. The first kappa shape index (κ1) is 21.4. The molecule has 4 rings (SSSR count). The molecule has 8 nitrogen and oxygen atoms in total. The Morgan fingerprint density at radius 2 is 1.81 bits per heavy atom. The van der Waals surface area contributed by atoms with Crippen molar-refractivity contribution in [3.05, 3.63) is 83.4 Å². The second-order valence-corrected chi connectivity index (χ2v) is 7.55. The maximum atomic E-state index is 11.6. The van der Waals surface area contributed by atoms with Gasteiger partial charge in [-0.05, 0) is 35.9 Å². The lowest BCUT2D eigenvalue weighted by Gasteiger charge is -2.34. The number of pyridine rings is 1. The number of nitrogens with zero attached hydrogens (tertiary/aromatic N) is 6. The van der Waals surface area contributed by atoms with Crippen LogP contribution in [0.1, 0.15) is 33.2 Å². The smallest absolute Gasteiger partial charge is 0.337 e. The summed E-state index contributed by atoms with van der Waals surface area (Å²) in [6.07, 6.45) is 3.39. The zero-order valence-corrected chi connectivity index (χ0v) is 17.9. The minimum atomic E-state index is -0.521. The number of benzene rings is 1. The van der Waals surface area contributed by atoms with E-state index in [4.69, 9.17) is 4.74 Å². The molecular weight excluding hydrogens is 404 g/mol. The molecule has 32 heavy (non-hydrogen) atoms. The van der Waals surface area contributed by atoms with Crippen molar-refractivity contribution in [2.24, 2.45) is 0 Å². The molecule has 1 saturated heterocycles. The third-order valence-corrected chi connectivity index (χ3v) is 5.51. The van der Waals surface area contributed by atoms with Gasteiger partial charge in [-0.1, -0.05) is 18.2 Å². The van der Waals surface area contributed by atoms with Crippen LogP contribution >= 0.6 is 0 Å². The number of esters is 1. The maximum Gasteiger partial charge on any atom is 0.337 e. The van der Waals surface area contributed by atoms with Crippen molar-refractivity contribution >= 4 is 11.9 Å². The topological polar surface area (TPSA) is 95.2 Å². The molecule has 0 aliphatic carbocycles. The Bertz CT molecular complexity index is 1090. The largest absolute Gasteiger partial charge is 0.465 e. The summed E-state index contributed by atoms with van der Waals surface area (Å²) in [6.45, 7) is 4.14. The number of piperazine rings is 1. The molecule has 162 valence electrons. The third kappa shape index (κ3) is 4.90. The van der Waals surface area contributed by atoms with E-state index >= 15 is 0 Å². The van der Waals surface area contributed by atoms with Gasteiger partial charge in [0.15, 0.2) is 0 Å². The summed E-state index contributed by atoms with van der Waals surface area (Å²) in [5.74, 6) is -0.206. The number of aromatic nitrogens is 3. The van der Waals surface area contributed by atoms with Gasteiger partial charge in [-0.2, -0.15) is 5.26 Å². The minimum absolute atomic E-state index is 0.325. The Labute approximate surface area is 187 Å². The monoisotopic (exact) mass is 428 g/mol. The van der Waals surface area contributed by atoms with Crippen LogP contribution in [-0.4, -0.2) is 59.1 Å². The first-order valence-corrected chi connectivity index (χ1v) is 10.5. The van der Waals surface area contributed by atoms with E-state index < -0.39 is 5.92 Å². The van der Waals surface area contributed by atoms with Gasteiger partial charge in [-0.3, -0.25) is 9.88 Å². The van der Waals surface area contributed by atoms with Crippen LogP contribution in [0, 0.1) is 11.3 Å². The summed E-state index contributed by atoms with van der Waals surface area (Å²) in [4.78, 5) is 29.5. The van der Waals surface area contributed by atoms with E-state index in [0.717, 1.165) is 38.3 Å². The fourth-order valence-corrected chi connectivity index (χ4v) is 3.73. The molecule has 0 spiro atoms. The van der Waals surface area contributed by atoms with E-state index in [9.17, 15) is 10.1 Å². The number of hydrogen-bond donors (Lipinski definition) is 0. The highest BCUT2D eigenvalue weighted by Crippen LogP contribution is 2.22. The molecule has 0 bridgehead atoms. The molecule has 8 heteroatoms. The van der Waals surface area contributed by atoms with E-state index in [-0.39, 0.29) is 5.97 Å². The van der Waals surface area contributed by atoms with Crippen molar-refractivity contribution in [1.82, 2.24) is 19.9 Å². The highest BCUT2D eigenvalue weighted by Gasteiger charge is 2.22. The van der Waals surface area contributed by atoms with Crippen LogP contribution < -0.4 is 4.90 Å². The lowest BCUT2D eigenvalue weighted by Crippen LogP contribution is -2.46. The van der Waals surface area contributed by atoms with Gasteiger partial charge >= 0.3 is 5.97 Å². The van der Waals surface area contributed by atoms with Crippen LogP contribution in [0.5, 0.6) is 0 Å². The lowest BCUT2D eigenvalue weighted by atomic mass is 10.0. The Morgan fingerprint density at radius 1 is 1.03 bits per heavy atom. The van der Waals surface area contributed by atoms with Crippen molar-refractivity contribution < 1.29 is 9.53 Å². The zero-order valence-electron chi connectivity index (χ0n) is 17.9. The van der Waals surface area contributed by atoms with E-state index in [2.05, 4.69) is 30.8 Å². The number of carbonyl (C=O) groups excluding carboxylic acids is 1. The van der Waals surface area contributed by atoms with E-state index in [1.54, 1.807) is 30.6 Å². The van der Waals surface area contributed by atoms with Crippen LogP contribution in [0.3, 0.4) is 0 Å². The van der Waals surface area contributed by atoms with Crippen LogP contribution in [0.2, 0.25) is 0 Å². The SMILES string of the molecule is COC(=O)c1ccc(CN2CCN(c3nccc(C(C#N)c4ccccn4)n3)CC2)cc1. The molecule has 1 fully saturated rings. The van der Waals surface area contributed by atoms with E-state index in [0.29, 0.717) is 22.9 Å². The summed E-state index contributed by atoms with van der Waals surface area (Å²) < 4.78 is 4.75. The summed E-state index contributed by atoms with van der Waals surface area (Å²) in [5.41, 5.74) is 3.04. The fraction of sp³-hybridized carbons (Fsp3) is 0.292. The van der Waals surface area contributed by atoms with Gasteiger partial charge in [0.2, 0.25) is 5.95 Å². The molecule has 1 aliphatic rings. The second-order valence-electron chi connectivity index (χ2n) is 7.55. The van der Waals surface area contributed by atoms with Crippen molar-refractivity contribution in [2.45, 2.75) is 12.5 Å². The quantitative estimate of drug-likeness (QED) is 0.553. The van der Waals surface area contributed by atoms with Crippen molar-refractivity contribution in [3.8, 4) is 6.07 Å². The molecule has 0 saturated carbocycles. The molecule has 1 aliphatic heterocycles. The maximum absolute atomic E-state index is 11.6. The van der Waals surface area contributed by atoms with Gasteiger partial charge < -0.3 is 9.64 Å². The zero-order chi connectivity index (χ0) is 22.3. The highest BCUT2D eigenvalue weighted by molar-refractivity contribution is 5.89. The van der Waals surface area contributed by atoms with Crippen LogP contribution in [-0.2, 0) is 11.3 Å². The summed E-state index contributed by atoms with van der Waals surface area (Å²) in [5, 5.41) is 9.67. The first-order valence-electron chi connectivity index (χ1n) is 10.5. The number of nitriles is 1. The average Bonchev–Trinajstić information content (AvgIpc) is 2.86. The van der Waals surface area contributed by atoms with Gasteiger partial charge in [0.05, 0.1) is 30.1 Å². The molecule has 3 heterocycles. The molecule has 1 aromatic carbocycles. The second kappa shape index (κ2) is 9.98. The summed E-state index contributed by atoms with van der Waals surface area (Å²) in [7, 11) is 1.38. The highest BCUT2D eigenvalue weighted by atomic mass is 16.5. The predicted octanol–water partition coefficient (Wildman–Crippen LogP) is 2.64. The van der Waals surface area contributed by atoms with Gasteiger partial charge in [-0.25, -0.2) is 14.8 Å². The molecule has 0 amide bonds. The average molecular weight is 428 g/mol. The van der Waals surface area contributed by atoms with Crippen LogP contribution in [0.25, 0.3) is 0 Å². The lowest BCUT2D eigenvalue weighted by molar-refractivity contribution is 0.0600. The molecule has 1 atom stereocenters. The van der Waals surface area contributed by atoms with Crippen molar-refractivity contribution in [2.75, 3.05) is 38.2 Å². The number of carbonyl (C=O) groups is 1. The number of rotatable bonds is 6. The molecule has 1 unspecified atom stereocenters. The molecule has 3 aromatic rings. The Kier molecular flexibility index (Phi) is 6.68. The number of hydrogen-bond acceptors (Lipinski definition) is 8. The molecule has 2 aromatic heterocycles. The first-order chi connectivity index (χ1) is 15.7. The van der Waals surface area contributed by atoms with E-state index in [1.165, 1.54) is 7.11 Å². The Hall–Kier alpha value is -3.83. The number of methoxy groups -OCH3 is 1. The molecular formula is C24H24N6O2.